The third kappa shape index (κ3) is 7.63. The molecule has 1 aliphatic heterocycles. The number of hydrogen-bond donors (Lipinski definition) is 2. The van der Waals surface area contributed by atoms with Crippen LogP contribution in [0.1, 0.15) is 58.3 Å². The van der Waals surface area contributed by atoms with Gasteiger partial charge in [0.2, 0.25) is 5.91 Å². The highest BCUT2D eigenvalue weighted by Crippen LogP contribution is 2.18. The van der Waals surface area contributed by atoms with E-state index in [4.69, 9.17) is 4.74 Å². The lowest BCUT2D eigenvalue weighted by molar-refractivity contribution is -0.120. The Morgan fingerprint density at radius 1 is 1.16 bits per heavy atom. The molecule has 1 saturated carbocycles. The van der Waals surface area contributed by atoms with E-state index in [2.05, 4.69) is 34.5 Å². The summed E-state index contributed by atoms with van der Waals surface area (Å²) in [7, 11) is 2.06. The van der Waals surface area contributed by atoms with Gasteiger partial charge >= 0.3 is 0 Å². The number of hydrogen-bond acceptors (Lipinski definition) is 3. The van der Waals surface area contributed by atoms with Gasteiger partial charge in [0.05, 0.1) is 0 Å². The van der Waals surface area contributed by atoms with E-state index < -0.39 is 0 Å². The highest BCUT2D eigenvalue weighted by Gasteiger charge is 2.17. The van der Waals surface area contributed by atoms with Crippen molar-refractivity contribution in [3.63, 3.8) is 0 Å². The third-order valence-corrected chi connectivity index (χ3v) is 5.25. The second kappa shape index (κ2) is 11.3. The molecule has 1 saturated heterocycles. The van der Waals surface area contributed by atoms with Crippen molar-refractivity contribution in [2.24, 2.45) is 10.9 Å². The summed E-state index contributed by atoms with van der Waals surface area (Å²) in [6.07, 6.45) is 9.45. The van der Waals surface area contributed by atoms with E-state index >= 15 is 0 Å². The van der Waals surface area contributed by atoms with Gasteiger partial charge in [-0.2, -0.15) is 0 Å². The number of aliphatic imine (C=N–C) groups is 1. The van der Waals surface area contributed by atoms with E-state index in [0.717, 1.165) is 70.3 Å². The molecule has 0 spiro atoms. The summed E-state index contributed by atoms with van der Waals surface area (Å²) < 4.78 is 5.43. The third-order valence-electron chi connectivity index (χ3n) is 5.25. The molecule has 1 aliphatic carbocycles. The number of carbonyl (C=O) groups excluding carboxylic acids is 1. The smallest absolute Gasteiger partial charge is 0.242 e. The van der Waals surface area contributed by atoms with Crippen molar-refractivity contribution in [1.82, 2.24) is 15.5 Å². The van der Waals surface area contributed by atoms with Crippen molar-refractivity contribution in [2.45, 2.75) is 64.3 Å². The van der Waals surface area contributed by atoms with E-state index in [0.29, 0.717) is 6.04 Å². The summed E-state index contributed by atoms with van der Waals surface area (Å²) in [6, 6.07) is 0.352. The standard InChI is InChI=1S/C19H36N4O2/c1-3-20-19(23(2)12-9-16-10-13-25-14-11-16)21-15-18(24)22-17-7-5-4-6-8-17/h16-17H,3-15H2,1-2H3,(H,20,21)(H,22,24). The van der Waals surface area contributed by atoms with Crippen LogP contribution in [-0.4, -0.2) is 62.7 Å². The number of ether oxygens (including phenoxy) is 1. The Morgan fingerprint density at radius 2 is 1.88 bits per heavy atom. The van der Waals surface area contributed by atoms with Crippen LogP contribution in [0.25, 0.3) is 0 Å². The second-order valence-electron chi connectivity index (χ2n) is 7.34. The minimum Gasteiger partial charge on any atom is -0.381 e. The quantitative estimate of drug-likeness (QED) is 0.544. The summed E-state index contributed by atoms with van der Waals surface area (Å²) in [5, 5.41) is 6.43. The van der Waals surface area contributed by atoms with Gasteiger partial charge in [0.1, 0.15) is 6.54 Å². The predicted octanol–water partition coefficient (Wildman–Crippen LogP) is 2.15. The Labute approximate surface area is 152 Å². The maximum absolute atomic E-state index is 12.2. The predicted molar refractivity (Wildman–Crippen MR) is 102 cm³/mol. The van der Waals surface area contributed by atoms with Crippen LogP contribution in [0.15, 0.2) is 4.99 Å². The molecule has 2 rings (SSSR count). The first-order chi connectivity index (χ1) is 12.2. The van der Waals surface area contributed by atoms with Crippen molar-refractivity contribution in [2.75, 3.05) is 39.9 Å². The van der Waals surface area contributed by atoms with Crippen LogP contribution in [0.2, 0.25) is 0 Å². The molecule has 0 atom stereocenters. The van der Waals surface area contributed by atoms with E-state index in [1.165, 1.54) is 19.3 Å². The fraction of sp³-hybridized carbons (Fsp3) is 0.895. The maximum atomic E-state index is 12.2. The highest BCUT2D eigenvalue weighted by molar-refractivity contribution is 5.84. The Kier molecular flexibility index (Phi) is 9.08. The van der Waals surface area contributed by atoms with Gasteiger partial charge in [-0.3, -0.25) is 4.79 Å². The zero-order valence-electron chi connectivity index (χ0n) is 16.1. The van der Waals surface area contributed by atoms with Crippen LogP contribution >= 0.6 is 0 Å². The molecule has 25 heavy (non-hydrogen) atoms. The second-order valence-corrected chi connectivity index (χ2v) is 7.34. The zero-order chi connectivity index (χ0) is 17.9. The molecule has 2 aliphatic rings. The molecule has 6 nitrogen and oxygen atoms in total. The van der Waals surface area contributed by atoms with Crippen molar-refractivity contribution < 1.29 is 9.53 Å². The SMILES string of the molecule is CCNC(=NCC(=O)NC1CCCCC1)N(C)CCC1CCOCC1. The molecule has 0 aromatic carbocycles. The summed E-state index contributed by atoms with van der Waals surface area (Å²) in [6.45, 7) is 5.82. The highest BCUT2D eigenvalue weighted by atomic mass is 16.5. The van der Waals surface area contributed by atoms with E-state index in [9.17, 15) is 4.79 Å². The number of carbonyl (C=O) groups is 1. The minimum absolute atomic E-state index is 0.0418. The van der Waals surface area contributed by atoms with Gasteiger partial charge in [0.15, 0.2) is 5.96 Å². The Balaban J connectivity index is 1.75. The Morgan fingerprint density at radius 3 is 2.56 bits per heavy atom. The van der Waals surface area contributed by atoms with E-state index in [1.54, 1.807) is 0 Å². The normalized spacial score (nSPS) is 20.3. The maximum Gasteiger partial charge on any atom is 0.242 e. The van der Waals surface area contributed by atoms with Crippen molar-refractivity contribution in [3.05, 3.63) is 0 Å². The first kappa shape index (κ1) is 20.0. The first-order valence-corrected chi connectivity index (χ1v) is 10.1. The first-order valence-electron chi connectivity index (χ1n) is 10.1. The number of rotatable bonds is 7. The van der Waals surface area contributed by atoms with Crippen molar-refractivity contribution in [3.8, 4) is 0 Å². The molecule has 0 aromatic rings. The molecule has 2 fully saturated rings. The lowest BCUT2D eigenvalue weighted by Gasteiger charge is -2.27. The van der Waals surface area contributed by atoms with E-state index in [-0.39, 0.29) is 12.5 Å². The van der Waals surface area contributed by atoms with Gasteiger partial charge in [-0.05, 0) is 44.9 Å². The number of guanidine groups is 1. The number of amides is 1. The lowest BCUT2D eigenvalue weighted by Crippen LogP contribution is -2.42. The van der Waals surface area contributed by atoms with Gasteiger partial charge in [-0.25, -0.2) is 4.99 Å². The van der Waals surface area contributed by atoms with Gasteiger partial charge < -0.3 is 20.3 Å². The van der Waals surface area contributed by atoms with Crippen LogP contribution in [0.4, 0.5) is 0 Å². The molecule has 144 valence electrons. The molecule has 0 aromatic heterocycles. The zero-order valence-corrected chi connectivity index (χ0v) is 16.1. The molecule has 0 bridgehead atoms. The molecule has 6 heteroatoms. The van der Waals surface area contributed by atoms with Gasteiger partial charge in [0.25, 0.3) is 0 Å². The van der Waals surface area contributed by atoms with Crippen LogP contribution in [0.5, 0.6) is 0 Å². The van der Waals surface area contributed by atoms with Crippen LogP contribution in [-0.2, 0) is 9.53 Å². The van der Waals surface area contributed by atoms with E-state index in [1.807, 2.05) is 0 Å². The summed E-state index contributed by atoms with van der Waals surface area (Å²) in [5.41, 5.74) is 0. The molecular weight excluding hydrogens is 316 g/mol. The molecular formula is C19H36N4O2. The fourth-order valence-corrected chi connectivity index (χ4v) is 3.65. The molecule has 1 heterocycles. The summed E-state index contributed by atoms with van der Waals surface area (Å²) >= 11 is 0. The molecule has 2 N–H and O–H groups in total. The van der Waals surface area contributed by atoms with Gasteiger partial charge in [0, 0.05) is 39.4 Å². The Bertz CT molecular complexity index is 416. The van der Waals surface area contributed by atoms with Crippen LogP contribution in [0.3, 0.4) is 0 Å². The topological polar surface area (TPSA) is 66.0 Å². The summed E-state index contributed by atoms with van der Waals surface area (Å²) in [5.74, 6) is 1.61. The van der Waals surface area contributed by atoms with Crippen LogP contribution in [0, 0.1) is 5.92 Å². The van der Waals surface area contributed by atoms with Crippen molar-refractivity contribution in [1.29, 1.82) is 0 Å². The van der Waals surface area contributed by atoms with Gasteiger partial charge in [-0.1, -0.05) is 19.3 Å². The average Bonchev–Trinajstić information content (AvgIpc) is 2.65. The lowest BCUT2D eigenvalue weighted by atomic mass is 9.95. The molecule has 1 amide bonds. The molecule has 0 unspecified atom stereocenters. The molecule has 0 radical (unpaired) electrons. The van der Waals surface area contributed by atoms with Gasteiger partial charge in [-0.15, -0.1) is 0 Å². The number of nitrogens with zero attached hydrogens (tertiary/aromatic N) is 2. The average molecular weight is 353 g/mol. The largest absolute Gasteiger partial charge is 0.381 e. The van der Waals surface area contributed by atoms with Crippen LogP contribution < -0.4 is 10.6 Å². The summed E-state index contributed by atoms with van der Waals surface area (Å²) in [4.78, 5) is 18.9. The number of nitrogens with one attached hydrogen (secondary N) is 2. The minimum atomic E-state index is 0.0418. The monoisotopic (exact) mass is 352 g/mol. The Hall–Kier alpha value is -1.30. The van der Waals surface area contributed by atoms with Crippen molar-refractivity contribution >= 4 is 11.9 Å². The fourth-order valence-electron chi connectivity index (χ4n) is 3.65.